The summed E-state index contributed by atoms with van der Waals surface area (Å²) >= 11 is 0. The largest absolute Gasteiger partial charge is 0.377 e. The van der Waals surface area contributed by atoms with Gasteiger partial charge in [-0.05, 0) is 13.8 Å². The number of ether oxygens (including phenoxy) is 1. The van der Waals surface area contributed by atoms with Crippen molar-refractivity contribution >= 4 is 0 Å². The average molecular weight is 195 g/mol. The lowest BCUT2D eigenvalue weighted by atomic mass is 10.3. The number of hydrogen-bond acceptors (Lipinski definition) is 4. The molecule has 0 unspecified atom stereocenters. The highest BCUT2D eigenvalue weighted by Gasteiger charge is 1.94. The van der Waals surface area contributed by atoms with Gasteiger partial charge in [0.25, 0.3) is 0 Å². The van der Waals surface area contributed by atoms with Gasteiger partial charge in [-0.15, -0.1) is 0 Å². The van der Waals surface area contributed by atoms with E-state index in [1.807, 2.05) is 26.2 Å². The molecule has 4 heteroatoms. The molecule has 4 nitrogen and oxygen atoms in total. The fraction of sp³-hybridized carbons (Fsp3) is 0.600. The van der Waals surface area contributed by atoms with Crippen molar-refractivity contribution in [3.05, 3.63) is 24.3 Å². The van der Waals surface area contributed by atoms with Crippen molar-refractivity contribution in [2.24, 2.45) is 0 Å². The molecule has 0 bridgehead atoms. The zero-order valence-corrected chi connectivity index (χ0v) is 8.73. The van der Waals surface area contributed by atoms with Crippen LogP contribution in [0.3, 0.4) is 0 Å². The van der Waals surface area contributed by atoms with Gasteiger partial charge in [0, 0.05) is 31.0 Å². The molecule has 0 fully saturated rings. The molecule has 0 saturated heterocycles. The van der Waals surface area contributed by atoms with Crippen molar-refractivity contribution in [1.29, 1.82) is 0 Å². The summed E-state index contributed by atoms with van der Waals surface area (Å²) in [4.78, 5) is 7.86. The van der Waals surface area contributed by atoms with Crippen molar-refractivity contribution in [1.82, 2.24) is 15.3 Å². The van der Waals surface area contributed by atoms with Crippen LogP contribution in [0.2, 0.25) is 0 Å². The summed E-state index contributed by atoms with van der Waals surface area (Å²) in [6.45, 7) is 6.46. The fourth-order valence-corrected chi connectivity index (χ4v) is 1.02. The topological polar surface area (TPSA) is 47.0 Å². The normalized spacial score (nSPS) is 10.8. The molecule has 1 rings (SSSR count). The minimum absolute atomic E-state index is 0.303. The van der Waals surface area contributed by atoms with Crippen molar-refractivity contribution in [2.75, 3.05) is 13.2 Å². The third-order valence-corrected chi connectivity index (χ3v) is 1.67. The van der Waals surface area contributed by atoms with Crippen LogP contribution in [0.25, 0.3) is 0 Å². The van der Waals surface area contributed by atoms with E-state index in [9.17, 15) is 0 Å². The summed E-state index contributed by atoms with van der Waals surface area (Å²) in [6, 6.07) is 0. The fourth-order valence-electron chi connectivity index (χ4n) is 1.02. The predicted octanol–water partition coefficient (Wildman–Crippen LogP) is 0.991. The quantitative estimate of drug-likeness (QED) is 0.688. The smallest absolute Gasteiger partial charge is 0.115 e. The van der Waals surface area contributed by atoms with E-state index in [0.717, 1.165) is 25.3 Å². The van der Waals surface area contributed by atoms with Crippen LogP contribution in [-0.4, -0.2) is 29.2 Å². The highest BCUT2D eigenvalue weighted by molar-refractivity contribution is 5.01. The van der Waals surface area contributed by atoms with E-state index < -0.39 is 0 Å². The Bertz CT molecular complexity index is 238. The molecule has 1 aromatic heterocycles. The molecule has 0 radical (unpaired) electrons. The second kappa shape index (κ2) is 6.45. The molecule has 78 valence electrons. The molecule has 1 N–H and O–H groups in total. The van der Waals surface area contributed by atoms with Crippen LogP contribution >= 0.6 is 0 Å². The zero-order chi connectivity index (χ0) is 10.2. The zero-order valence-electron chi connectivity index (χ0n) is 8.73. The van der Waals surface area contributed by atoms with E-state index in [1.54, 1.807) is 0 Å². The molecule has 0 saturated carbocycles. The molecule has 14 heavy (non-hydrogen) atoms. The van der Waals surface area contributed by atoms with E-state index in [-0.39, 0.29) is 0 Å². The van der Waals surface area contributed by atoms with Gasteiger partial charge in [0.2, 0.25) is 0 Å². The van der Waals surface area contributed by atoms with Crippen molar-refractivity contribution in [2.45, 2.75) is 26.5 Å². The highest BCUT2D eigenvalue weighted by atomic mass is 16.5. The Kier molecular flexibility index (Phi) is 5.11. The molecule has 1 aromatic rings. The lowest BCUT2D eigenvalue weighted by Crippen LogP contribution is -2.21. The van der Waals surface area contributed by atoms with Gasteiger partial charge in [-0.3, -0.25) is 0 Å². The first-order valence-electron chi connectivity index (χ1n) is 4.85. The maximum absolute atomic E-state index is 5.39. The summed E-state index contributed by atoms with van der Waals surface area (Å²) in [7, 11) is 0. The van der Waals surface area contributed by atoms with Gasteiger partial charge in [0.15, 0.2) is 0 Å². The third kappa shape index (κ3) is 4.89. The molecule has 0 aliphatic heterocycles. The van der Waals surface area contributed by atoms with Crippen LogP contribution in [0, 0.1) is 0 Å². The number of nitrogens with zero attached hydrogens (tertiary/aromatic N) is 2. The summed E-state index contributed by atoms with van der Waals surface area (Å²) in [5.74, 6) is 0. The van der Waals surface area contributed by atoms with E-state index in [2.05, 4.69) is 15.3 Å². The van der Waals surface area contributed by atoms with Crippen LogP contribution in [-0.2, 0) is 11.3 Å². The monoisotopic (exact) mass is 195 g/mol. The van der Waals surface area contributed by atoms with Crippen molar-refractivity contribution in [3.63, 3.8) is 0 Å². The van der Waals surface area contributed by atoms with E-state index >= 15 is 0 Å². The highest BCUT2D eigenvalue weighted by Crippen LogP contribution is 1.91. The van der Waals surface area contributed by atoms with Gasteiger partial charge in [-0.1, -0.05) is 0 Å². The Morgan fingerprint density at radius 2 is 2.07 bits per heavy atom. The minimum atomic E-state index is 0.303. The Hall–Kier alpha value is -1.00. The summed E-state index contributed by atoms with van der Waals surface area (Å²) in [6.07, 6.45) is 5.45. The first-order chi connectivity index (χ1) is 6.79. The average Bonchev–Trinajstić information content (AvgIpc) is 2.18. The van der Waals surface area contributed by atoms with Crippen LogP contribution in [0.4, 0.5) is 0 Å². The Morgan fingerprint density at radius 3 is 2.71 bits per heavy atom. The van der Waals surface area contributed by atoms with Crippen LogP contribution in [0.1, 0.15) is 19.4 Å². The first-order valence-corrected chi connectivity index (χ1v) is 4.85. The molecule has 0 amide bonds. The number of rotatable bonds is 6. The van der Waals surface area contributed by atoms with Gasteiger partial charge in [-0.25, -0.2) is 9.97 Å². The lowest BCUT2D eigenvalue weighted by Gasteiger charge is -2.07. The van der Waals surface area contributed by atoms with Crippen LogP contribution in [0.5, 0.6) is 0 Å². The third-order valence-electron chi connectivity index (χ3n) is 1.67. The van der Waals surface area contributed by atoms with Gasteiger partial charge < -0.3 is 10.1 Å². The maximum Gasteiger partial charge on any atom is 0.115 e. The lowest BCUT2D eigenvalue weighted by molar-refractivity contribution is 0.0807. The van der Waals surface area contributed by atoms with Crippen LogP contribution < -0.4 is 5.32 Å². The van der Waals surface area contributed by atoms with Crippen molar-refractivity contribution in [3.8, 4) is 0 Å². The molecule has 0 spiro atoms. The van der Waals surface area contributed by atoms with Crippen molar-refractivity contribution < 1.29 is 4.74 Å². The summed E-state index contributed by atoms with van der Waals surface area (Å²) in [5, 5.41) is 3.25. The maximum atomic E-state index is 5.39. The number of hydrogen-bond donors (Lipinski definition) is 1. The van der Waals surface area contributed by atoms with Gasteiger partial charge in [0.1, 0.15) is 6.33 Å². The van der Waals surface area contributed by atoms with Gasteiger partial charge in [0.05, 0.1) is 12.7 Å². The molecule has 0 aliphatic rings. The Morgan fingerprint density at radius 1 is 1.36 bits per heavy atom. The Balaban J connectivity index is 2.05. The van der Waals surface area contributed by atoms with Crippen LogP contribution in [0.15, 0.2) is 18.7 Å². The summed E-state index contributed by atoms with van der Waals surface area (Å²) in [5.41, 5.74) is 1.09. The molecule has 0 aromatic carbocycles. The second-order valence-electron chi connectivity index (χ2n) is 3.34. The SMILES string of the molecule is CC(C)OCCNCc1cncnc1. The van der Waals surface area contributed by atoms with E-state index in [1.165, 1.54) is 6.33 Å². The predicted molar refractivity (Wildman–Crippen MR) is 54.8 cm³/mol. The molecular formula is C10H17N3O. The molecular weight excluding hydrogens is 178 g/mol. The van der Waals surface area contributed by atoms with Gasteiger partial charge >= 0.3 is 0 Å². The molecule has 0 atom stereocenters. The first kappa shape index (κ1) is 11.1. The number of aromatic nitrogens is 2. The standard InChI is InChI=1S/C10H17N3O/c1-9(2)14-4-3-11-5-10-6-12-8-13-7-10/h6-9,11H,3-5H2,1-2H3. The Labute approximate surface area is 84.7 Å². The number of nitrogens with one attached hydrogen (secondary N) is 1. The van der Waals surface area contributed by atoms with Gasteiger partial charge in [-0.2, -0.15) is 0 Å². The molecule has 1 heterocycles. The summed E-state index contributed by atoms with van der Waals surface area (Å²) < 4.78 is 5.39. The second-order valence-corrected chi connectivity index (χ2v) is 3.34. The molecule has 0 aliphatic carbocycles. The minimum Gasteiger partial charge on any atom is -0.377 e. The van der Waals surface area contributed by atoms with E-state index in [0.29, 0.717) is 6.10 Å². The van der Waals surface area contributed by atoms with E-state index in [4.69, 9.17) is 4.74 Å².